The molecule has 0 spiro atoms. The second-order valence-corrected chi connectivity index (χ2v) is 4.76. The molecule has 0 aromatic carbocycles. The van der Waals surface area contributed by atoms with Crippen molar-refractivity contribution in [1.82, 2.24) is 15.3 Å². The molecule has 1 heterocycles. The summed E-state index contributed by atoms with van der Waals surface area (Å²) in [6.07, 6.45) is 0.647. The highest BCUT2D eigenvalue weighted by atomic mass is 16.4. The number of carbonyl (C=O) groups is 2. The van der Waals surface area contributed by atoms with Crippen LogP contribution in [0.5, 0.6) is 0 Å². The predicted molar refractivity (Wildman–Crippen MR) is 75.2 cm³/mol. The zero-order chi connectivity index (χ0) is 16.0. The zero-order valence-electron chi connectivity index (χ0n) is 12.0. The van der Waals surface area contributed by atoms with Crippen LogP contribution in [0.1, 0.15) is 31.0 Å². The van der Waals surface area contributed by atoms with Crippen LogP contribution in [0.4, 0.5) is 0 Å². The van der Waals surface area contributed by atoms with E-state index in [2.05, 4.69) is 15.3 Å². The molecule has 8 heteroatoms. The maximum atomic E-state index is 11.7. The Kier molecular flexibility index (Phi) is 5.89. The van der Waals surface area contributed by atoms with Gasteiger partial charge in [0.1, 0.15) is 0 Å². The number of rotatable bonds is 7. The standard InChI is InChI=1S/C13H19N3O5/c1-3-8(12(19)20)6-14-10(17)5-4-9-7(2)15-13(21)16-11(9)18/h8H,3-6H2,1-2H3,(H,14,17)(H,19,20)(H2,15,16,18,21). The molecule has 1 aromatic rings. The Morgan fingerprint density at radius 3 is 2.48 bits per heavy atom. The van der Waals surface area contributed by atoms with E-state index in [0.29, 0.717) is 17.7 Å². The molecule has 4 N–H and O–H groups in total. The van der Waals surface area contributed by atoms with Crippen LogP contribution in [0, 0.1) is 12.8 Å². The van der Waals surface area contributed by atoms with E-state index < -0.39 is 23.1 Å². The number of nitrogens with one attached hydrogen (secondary N) is 3. The molecule has 0 aliphatic carbocycles. The summed E-state index contributed by atoms with van der Waals surface area (Å²) in [5, 5.41) is 11.4. The number of H-pyrrole nitrogens is 2. The normalized spacial score (nSPS) is 11.9. The summed E-state index contributed by atoms with van der Waals surface area (Å²) in [5.74, 6) is -1.91. The van der Waals surface area contributed by atoms with Gasteiger partial charge >= 0.3 is 11.7 Å². The van der Waals surface area contributed by atoms with E-state index in [1.165, 1.54) is 0 Å². The fraction of sp³-hybridized carbons (Fsp3) is 0.538. The van der Waals surface area contributed by atoms with Crippen molar-refractivity contribution in [2.45, 2.75) is 33.1 Å². The van der Waals surface area contributed by atoms with Gasteiger partial charge in [-0.2, -0.15) is 0 Å². The van der Waals surface area contributed by atoms with Gasteiger partial charge in [-0.25, -0.2) is 4.79 Å². The number of aromatic nitrogens is 2. The highest BCUT2D eigenvalue weighted by molar-refractivity contribution is 5.77. The average molecular weight is 297 g/mol. The molecule has 0 saturated heterocycles. The lowest BCUT2D eigenvalue weighted by Crippen LogP contribution is -2.33. The Labute approximate surface area is 120 Å². The van der Waals surface area contributed by atoms with Crippen molar-refractivity contribution < 1.29 is 14.7 Å². The largest absolute Gasteiger partial charge is 0.481 e. The number of carboxylic acid groups (broad SMARTS) is 1. The zero-order valence-corrected chi connectivity index (χ0v) is 12.0. The highest BCUT2D eigenvalue weighted by Gasteiger charge is 2.16. The third-order valence-corrected chi connectivity index (χ3v) is 3.24. The number of hydrogen-bond acceptors (Lipinski definition) is 4. The van der Waals surface area contributed by atoms with Crippen LogP contribution in [0.3, 0.4) is 0 Å². The van der Waals surface area contributed by atoms with E-state index in [0.717, 1.165) is 0 Å². The summed E-state index contributed by atoms with van der Waals surface area (Å²) in [4.78, 5) is 49.7. The third-order valence-electron chi connectivity index (χ3n) is 3.24. The molecule has 0 aliphatic rings. The van der Waals surface area contributed by atoms with Crippen molar-refractivity contribution in [3.05, 3.63) is 32.1 Å². The molecule has 0 radical (unpaired) electrons. The fourth-order valence-electron chi connectivity index (χ4n) is 1.90. The van der Waals surface area contributed by atoms with Crippen molar-refractivity contribution in [3.63, 3.8) is 0 Å². The number of aromatic amines is 2. The maximum Gasteiger partial charge on any atom is 0.325 e. The molecule has 0 bridgehead atoms. The Hall–Kier alpha value is -2.38. The molecular formula is C13H19N3O5. The number of carbonyl (C=O) groups excluding carboxylic acids is 1. The van der Waals surface area contributed by atoms with Crippen LogP contribution >= 0.6 is 0 Å². The van der Waals surface area contributed by atoms with Gasteiger partial charge in [-0.3, -0.25) is 19.4 Å². The summed E-state index contributed by atoms with van der Waals surface area (Å²) < 4.78 is 0. The second-order valence-electron chi connectivity index (χ2n) is 4.76. The minimum absolute atomic E-state index is 0.0476. The van der Waals surface area contributed by atoms with Crippen LogP contribution in [0.15, 0.2) is 9.59 Å². The fourth-order valence-corrected chi connectivity index (χ4v) is 1.90. The summed E-state index contributed by atoms with van der Waals surface area (Å²) >= 11 is 0. The van der Waals surface area contributed by atoms with Crippen molar-refractivity contribution >= 4 is 11.9 Å². The molecule has 0 saturated carbocycles. The first kappa shape index (κ1) is 16.7. The smallest absolute Gasteiger partial charge is 0.325 e. The summed E-state index contributed by atoms with van der Waals surface area (Å²) in [6, 6.07) is 0. The van der Waals surface area contributed by atoms with E-state index in [4.69, 9.17) is 5.11 Å². The molecule has 116 valence electrons. The van der Waals surface area contributed by atoms with Gasteiger partial charge in [-0.05, 0) is 19.8 Å². The van der Waals surface area contributed by atoms with E-state index in [9.17, 15) is 19.2 Å². The van der Waals surface area contributed by atoms with Gasteiger partial charge in [-0.15, -0.1) is 0 Å². The van der Waals surface area contributed by atoms with Crippen LogP contribution in [0.2, 0.25) is 0 Å². The molecule has 21 heavy (non-hydrogen) atoms. The number of aryl methyl sites for hydroxylation is 1. The van der Waals surface area contributed by atoms with Crippen LogP contribution in [0.25, 0.3) is 0 Å². The summed E-state index contributed by atoms with van der Waals surface area (Å²) in [5.41, 5.74) is -0.331. The lowest BCUT2D eigenvalue weighted by molar-refractivity contribution is -0.141. The molecule has 0 fully saturated rings. The van der Waals surface area contributed by atoms with E-state index in [1.807, 2.05) is 0 Å². The van der Waals surface area contributed by atoms with Gasteiger partial charge in [0.15, 0.2) is 0 Å². The molecule has 1 amide bonds. The van der Waals surface area contributed by atoms with Crippen molar-refractivity contribution in [1.29, 1.82) is 0 Å². The Bertz CT molecular complexity index is 631. The Morgan fingerprint density at radius 1 is 1.29 bits per heavy atom. The van der Waals surface area contributed by atoms with E-state index in [-0.39, 0.29) is 25.3 Å². The summed E-state index contributed by atoms with van der Waals surface area (Å²) in [6.45, 7) is 3.38. The minimum atomic E-state index is -0.953. The molecule has 8 nitrogen and oxygen atoms in total. The number of hydrogen-bond donors (Lipinski definition) is 4. The Balaban J connectivity index is 2.56. The first-order valence-corrected chi connectivity index (χ1v) is 6.66. The Morgan fingerprint density at radius 2 is 1.95 bits per heavy atom. The highest BCUT2D eigenvalue weighted by Crippen LogP contribution is 2.02. The van der Waals surface area contributed by atoms with Gasteiger partial charge in [0.25, 0.3) is 5.56 Å². The molecule has 1 aromatic heterocycles. The molecule has 1 rings (SSSR count). The SMILES string of the molecule is CCC(CNC(=O)CCc1c(C)[nH]c(=O)[nH]c1=O)C(=O)O. The molecule has 1 unspecified atom stereocenters. The second kappa shape index (κ2) is 7.41. The van der Waals surface area contributed by atoms with Gasteiger partial charge in [-0.1, -0.05) is 6.92 Å². The van der Waals surface area contributed by atoms with Gasteiger partial charge in [0.2, 0.25) is 5.91 Å². The van der Waals surface area contributed by atoms with Gasteiger partial charge < -0.3 is 15.4 Å². The number of aliphatic carboxylic acids is 1. The first-order chi connectivity index (χ1) is 9.85. The van der Waals surface area contributed by atoms with Crippen LogP contribution < -0.4 is 16.6 Å². The minimum Gasteiger partial charge on any atom is -0.481 e. The van der Waals surface area contributed by atoms with Crippen molar-refractivity contribution in [2.24, 2.45) is 5.92 Å². The average Bonchev–Trinajstić information content (AvgIpc) is 2.37. The lowest BCUT2D eigenvalue weighted by Gasteiger charge is -2.11. The van der Waals surface area contributed by atoms with E-state index >= 15 is 0 Å². The molecule has 1 atom stereocenters. The maximum absolute atomic E-state index is 11.7. The third kappa shape index (κ3) is 4.90. The number of carboxylic acids is 1. The predicted octanol–water partition coefficient (Wildman–Crippen LogP) is -0.469. The van der Waals surface area contributed by atoms with Crippen LogP contribution in [-0.4, -0.2) is 33.5 Å². The lowest BCUT2D eigenvalue weighted by atomic mass is 10.1. The van der Waals surface area contributed by atoms with E-state index in [1.54, 1.807) is 13.8 Å². The summed E-state index contributed by atoms with van der Waals surface area (Å²) in [7, 11) is 0. The topological polar surface area (TPSA) is 132 Å². The van der Waals surface area contributed by atoms with Gasteiger partial charge in [0.05, 0.1) is 5.92 Å². The first-order valence-electron chi connectivity index (χ1n) is 6.66. The number of amides is 1. The van der Waals surface area contributed by atoms with Crippen LogP contribution in [-0.2, 0) is 16.0 Å². The van der Waals surface area contributed by atoms with Crippen molar-refractivity contribution in [2.75, 3.05) is 6.54 Å². The quantitative estimate of drug-likeness (QED) is 0.540. The van der Waals surface area contributed by atoms with Crippen molar-refractivity contribution in [3.8, 4) is 0 Å². The molecular weight excluding hydrogens is 278 g/mol. The monoisotopic (exact) mass is 297 g/mol. The molecule has 0 aliphatic heterocycles. The van der Waals surface area contributed by atoms with Gasteiger partial charge in [0, 0.05) is 24.2 Å².